The Morgan fingerprint density at radius 1 is 0.962 bits per heavy atom. The second kappa shape index (κ2) is 7.07. The van der Waals surface area contributed by atoms with E-state index in [1.165, 1.54) is 13.1 Å². The van der Waals surface area contributed by atoms with Gasteiger partial charge in [-0.3, -0.25) is 10.1 Å². The molecule has 4 nitrogen and oxygen atoms in total. The third-order valence-electron chi connectivity index (χ3n) is 3.62. The summed E-state index contributed by atoms with van der Waals surface area (Å²) < 4.78 is 86.4. The van der Waals surface area contributed by atoms with Crippen molar-refractivity contribution in [2.75, 3.05) is 0 Å². The molecule has 26 heavy (non-hydrogen) atoms. The molecule has 2 rings (SSSR count). The van der Waals surface area contributed by atoms with Crippen LogP contribution in [0.15, 0.2) is 18.2 Å². The third kappa shape index (κ3) is 3.58. The minimum atomic E-state index is -3.66. The van der Waals surface area contributed by atoms with Gasteiger partial charge in [0.1, 0.15) is 0 Å². The maximum Gasteiger partial charge on any atom is 0.305 e. The van der Waals surface area contributed by atoms with Crippen LogP contribution < -0.4 is 5.19 Å². The average Bonchev–Trinajstić information content (AvgIpc) is 2.57. The Kier molecular flexibility index (Phi) is 5.42. The molecule has 0 aromatic heterocycles. The monoisotopic (exact) mass is 395 g/mol. The summed E-state index contributed by atoms with van der Waals surface area (Å²) in [5.74, 6) is -11.5. The summed E-state index contributed by atoms with van der Waals surface area (Å²) in [5, 5.41) is 9.66. The average molecular weight is 395 g/mol. The first-order valence-corrected chi connectivity index (χ1v) is 9.97. The van der Waals surface area contributed by atoms with Gasteiger partial charge in [-0.15, -0.1) is 0 Å². The highest BCUT2D eigenvalue weighted by Crippen LogP contribution is 2.23. The predicted octanol–water partition coefficient (Wildman–Crippen LogP) is 4.06. The lowest BCUT2D eigenvalue weighted by Crippen LogP contribution is -2.49. The molecule has 0 bridgehead atoms. The van der Waals surface area contributed by atoms with E-state index in [-0.39, 0.29) is 5.56 Å². The molecule has 140 valence electrons. The van der Waals surface area contributed by atoms with Crippen LogP contribution >= 0.6 is 0 Å². The Morgan fingerprint density at radius 2 is 1.46 bits per heavy atom. The standard InChI is InChI=1S/C15H11F6NO3Si/c1-26(2,15-13(20)11(18)10(17)12(19)14(15)21)25-6-7-3-4-8(16)9(5-7)22(23)24/h3-5H,6H2,1-2H3. The molecule has 0 N–H and O–H groups in total. The molecule has 0 amide bonds. The van der Waals surface area contributed by atoms with Gasteiger partial charge in [-0.2, -0.15) is 4.39 Å². The molecule has 0 aliphatic rings. The van der Waals surface area contributed by atoms with Gasteiger partial charge in [0.25, 0.3) is 0 Å². The van der Waals surface area contributed by atoms with Crippen LogP contribution in [0.5, 0.6) is 0 Å². The van der Waals surface area contributed by atoms with Gasteiger partial charge in [-0.1, -0.05) is 6.07 Å². The summed E-state index contributed by atoms with van der Waals surface area (Å²) in [5.41, 5.74) is -0.732. The third-order valence-corrected chi connectivity index (χ3v) is 6.13. The fourth-order valence-corrected chi connectivity index (χ4v) is 4.21. The molecule has 0 fully saturated rings. The van der Waals surface area contributed by atoms with E-state index in [1.54, 1.807) is 0 Å². The molecule has 0 aliphatic heterocycles. The van der Waals surface area contributed by atoms with Crippen molar-refractivity contribution in [1.82, 2.24) is 0 Å². The van der Waals surface area contributed by atoms with Crippen molar-refractivity contribution in [1.29, 1.82) is 0 Å². The van der Waals surface area contributed by atoms with E-state index in [1.807, 2.05) is 0 Å². The summed E-state index contributed by atoms with van der Waals surface area (Å²) in [4.78, 5) is 9.74. The van der Waals surface area contributed by atoms with Crippen molar-refractivity contribution in [2.45, 2.75) is 19.7 Å². The molecule has 0 radical (unpaired) electrons. The number of hydrogen-bond acceptors (Lipinski definition) is 3. The zero-order valence-electron chi connectivity index (χ0n) is 13.4. The normalized spacial score (nSPS) is 11.7. The first kappa shape index (κ1) is 19.9. The van der Waals surface area contributed by atoms with Gasteiger partial charge in [0.05, 0.1) is 11.5 Å². The Morgan fingerprint density at radius 3 is 1.96 bits per heavy atom. The van der Waals surface area contributed by atoms with Crippen molar-refractivity contribution in [3.05, 3.63) is 68.8 Å². The van der Waals surface area contributed by atoms with Gasteiger partial charge >= 0.3 is 5.69 Å². The van der Waals surface area contributed by atoms with Gasteiger partial charge in [0.15, 0.2) is 23.3 Å². The molecule has 11 heteroatoms. The van der Waals surface area contributed by atoms with Crippen LogP contribution in [0.1, 0.15) is 5.56 Å². The van der Waals surface area contributed by atoms with E-state index in [0.717, 1.165) is 18.2 Å². The number of halogens is 6. The molecular formula is C15H11F6NO3Si. The smallest absolute Gasteiger partial charge is 0.305 e. The fourth-order valence-electron chi connectivity index (χ4n) is 2.26. The molecular weight excluding hydrogens is 384 g/mol. The van der Waals surface area contributed by atoms with Gasteiger partial charge in [0, 0.05) is 11.3 Å². The topological polar surface area (TPSA) is 52.4 Å². The molecule has 0 aliphatic carbocycles. The first-order chi connectivity index (χ1) is 12.0. The second-order valence-corrected chi connectivity index (χ2v) is 9.60. The number of nitrogens with zero attached hydrogens (tertiary/aromatic N) is 1. The van der Waals surface area contributed by atoms with Crippen molar-refractivity contribution < 1.29 is 35.7 Å². The van der Waals surface area contributed by atoms with E-state index in [2.05, 4.69) is 0 Å². The highest BCUT2D eigenvalue weighted by molar-refractivity contribution is 6.84. The molecule has 0 unspecified atom stereocenters. The van der Waals surface area contributed by atoms with Crippen LogP contribution in [0.25, 0.3) is 0 Å². The minimum absolute atomic E-state index is 0.0996. The predicted molar refractivity (Wildman–Crippen MR) is 81.2 cm³/mol. The Bertz CT molecular complexity index is 861. The van der Waals surface area contributed by atoms with Crippen LogP contribution in [0, 0.1) is 45.0 Å². The molecule has 0 atom stereocenters. The Balaban J connectivity index is 2.36. The van der Waals surface area contributed by atoms with Crippen LogP contribution in [0.2, 0.25) is 13.1 Å². The molecule has 0 spiro atoms. The quantitative estimate of drug-likeness (QED) is 0.192. The van der Waals surface area contributed by atoms with Crippen molar-refractivity contribution in [3.8, 4) is 0 Å². The number of rotatable bonds is 5. The zero-order chi connectivity index (χ0) is 19.8. The fraction of sp³-hybridized carbons (Fsp3) is 0.200. The van der Waals surface area contributed by atoms with Crippen LogP contribution in [-0.2, 0) is 11.0 Å². The van der Waals surface area contributed by atoms with E-state index < -0.39 is 65.6 Å². The SMILES string of the molecule is C[Si](C)(OCc1ccc(F)c([N+](=O)[O-])c1)c1c(F)c(F)c(F)c(F)c1F. The maximum absolute atomic E-state index is 13.9. The molecule has 2 aromatic rings. The summed E-state index contributed by atoms with van der Waals surface area (Å²) in [6.07, 6.45) is 0. The van der Waals surface area contributed by atoms with E-state index in [9.17, 15) is 36.5 Å². The summed E-state index contributed by atoms with van der Waals surface area (Å²) in [6, 6.07) is 2.81. The van der Waals surface area contributed by atoms with Crippen LogP contribution in [0.3, 0.4) is 0 Å². The Labute approximate surface area is 144 Å². The van der Waals surface area contributed by atoms with Crippen LogP contribution in [0.4, 0.5) is 32.0 Å². The van der Waals surface area contributed by atoms with E-state index in [0.29, 0.717) is 0 Å². The molecule has 0 saturated carbocycles. The van der Waals surface area contributed by atoms with Crippen molar-refractivity contribution in [2.24, 2.45) is 0 Å². The van der Waals surface area contributed by atoms with E-state index in [4.69, 9.17) is 4.43 Å². The largest absolute Gasteiger partial charge is 0.408 e. The van der Waals surface area contributed by atoms with Crippen molar-refractivity contribution >= 4 is 19.2 Å². The summed E-state index contributed by atoms with van der Waals surface area (Å²) >= 11 is 0. The Hall–Kier alpha value is -2.40. The number of nitro benzene ring substituents is 1. The second-order valence-electron chi connectivity index (χ2n) is 5.79. The van der Waals surface area contributed by atoms with Crippen LogP contribution in [-0.4, -0.2) is 13.2 Å². The minimum Gasteiger partial charge on any atom is -0.408 e. The van der Waals surface area contributed by atoms with Crippen molar-refractivity contribution in [3.63, 3.8) is 0 Å². The number of hydrogen-bond donors (Lipinski definition) is 0. The van der Waals surface area contributed by atoms with Gasteiger partial charge in [-0.25, -0.2) is 22.0 Å². The highest BCUT2D eigenvalue weighted by Gasteiger charge is 2.38. The lowest BCUT2D eigenvalue weighted by molar-refractivity contribution is -0.387. The lowest BCUT2D eigenvalue weighted by Gasteiger charge is -2.25. The highest BCUT2D eigenvalue weighted by atomic mass is 28.4. The van der Waals surface area contributed by atoms with E-state index >= 15 is 0 Å². The lowest BCUT2D eigenvalue weighted by atomic mass is 10.2. The summed E-state index contributed by atoms with van der Waals surface area (Å²) in [6.45, 7) is 1.95. The maximum atomic E-state index is 13.9. The zero-order valence-corrected chi connectivity index (χ0v) is 14.4. The first-order valence-electron chi connectivity index (χ1n) is 7.06. The van der Waals surface area contributed by atoms with Gasteiger partial charge < -0.3 is 4.43 Å². The number of benzene rings is 2. The van der Waals surface area contributed by atoms with Gasteiger partial charge in [0.2, 0.25) is 20.0 Å². The van der Waals surface area contributed by atoms with Gasteiger partial charge in [-0.05, 0) is 24.7 Å². The molecule has 0 heterocycles. The summed E-state index contributed by atoms with van der Waals surface area (Å²) in [7, 11) is -3.66. The number of nitro groups is 1. The molecule has 0 saturated heterocycles. The molecule has 2 aromatic carbocycles.